The highest BCUT2D eigenvalue weighted by Gasteiger charge is 2.30. The van der Waals surface area contributed by atoms with Crippen LogP contribution in [0, 0.1) is 18.7 Å². The third-order valence-corrected chi connectivity index (χ3v) is 6.14. The SMILES string of the molecule is Cc1cc(S(=O)(=O)N2CCCC(Cn3ccnc3)C2)ccc1F. The largest absolute Gasteiger partial charge is 0.337 e. The summed E-state index contributed by atoms with van der Waals surface area (Å²) in [6, 6.07) is 3.97. The van der Waals surface area contributed by atoms with Crippen molar-refractivity contribution in [2.24, 2.45) is 5.92 Å². The van der Waals surface area contributed by atoms with Crippen LogP contribution < -0.4 is 0 Å². The molecule has 0 radical (unpaired) electrons. The number of benzene rings is 1. The Labute approximate surface area is 135 Å². The second kappa shape index (κ2) is 6.41. The number of sulfonamides is 1. The summed E-state index contributed by atoms with van der Waals surface area (Å²) in [6.07, 6.45) is 7.18. The fraction of sp³-hybridized carbons (Fsp3) is 0.438. The van der Waals surface area contributed by atoms with Gasteiger partial charge in [-0.15, -0.1) is 0 Å². The quantitative estimate of drug-likeness (QED) is 0.861. The first-order chi connectivity index (χ1) is 11.0. The molecule has 7 heteroatoms. The highest BCUT2D eigenvalue weighted by Crippen LogP contribution is 2.25. The lowest BCUT2D eigenvalue weighted by Crippen LogP contribution is -2.41. The molecule has 1 unspecified atom stereocenters. The van der Waals surface area contributed by atoms with Crippen LogP contribution in [0.4, 0.5) is 4.39 Å². The number of rotatable bonds is 4. The molecule has 124 valence electrons. The molecule has 0 spiro atoms. The van der Waals surface area contributed by atoms with Crippen molar-refractivity contribution >= 4 is 10.0 Å². The maximum Gasteiger partial charge on any atom is 0.243 e. The first kappa shape index (κ1) is 16.1. The molecular formula is C16H20FN3O2S. The zero-order valence-electron chi connectivity index (χ0n) is 13.0. The van der Waals surface area contributed by atoms with Gasteiger partial charge >= 0.3 is 0 Å². The van der Waals surface area contributed by atoms with Crippen LogP contribution in [0.2, 0.25) is 0 Å². The molecule has 1 aliphatic heterocycles. The molecule has 0 bridgehead atoms. The summed E-state index contributed by atoms with van der Waals surface area (Å²) in [6.45, 7) is 3.33. The number of hydrogen-bond acceptors (Lipinski definition) is 3. The molecule has 2 heterocycles. The zero-order valence-corrected chi connectivity index (χ0v) is 13.8. The van der Waals surface area contributed by atoms with E-state index in [0.29, 0.717) is 18.7 Å². The molecular weight excluding hydrogens is 317 g/mol. The predicted molar refractivity (Wildman–Crippen MR) is 84.8 cm³/mol. The number of aromatic nitrogens is 2. The summed E-state index contributed by atoms with van der Waals surface area (Å²) < 4.78 is 42.4. The van der Waals surface area contributed by atoms with Gasteiger partial charge in [-0.1, -0.05) is 0 Å². The topological polar surface area (TPSA) is 55.2 Å². The molecule has 0 amide bonds. The van der Waals surface area contributed by atoms with E-state index in [2.05, 4.69) is 4.98 Å². The fourth-order valence-electron chi connectivity index (χ4n) is 3.01. The van der Waals surface area contributed by atoms with Crippen molar-refractivity contribution in [2.45, 2.75) is 31.2 Å². The molecule has 23 heavy (non-hydrogen) atoms. The minimum Gasteiger partial charge on any atom is -0.337 e. The van der Waals surface area contributed by atoms with Gasteiger partial charge < -0.3 is 4.57 Å². The zero-order chi connectivity index (χ0) is 16.4. The van der Waals surface area contributed by atoms with E-state index >= 15 is 0 Å². The normalized spacial score (nSPS) is 19.8. The van der Waals surface area contributed by atoms with Gasteiger partial charge in [-0.25, -0.2) is 17.8 Å². The molecule has 2 aromatic rings. The molecule has 0 N–H and O–H groups in total. The maximum atomic E-state index is 13.4. The number of hydrogen-bond donors (Lipinski definition) is 0. The van der Waals surface area contributed by atoms with Gasteiger partial charge in [0.1, 0.15) is 5.82 Å². The summed E-state index contributed by atoms with van der Waals surface area (Å²) >= 11 is 0. The number of halogens is 1. The van der Waals surface area contributed by atoms with E-state index in [-0.39, 0.29) is 16.6 Å². The van der Waals surface area contributed by atoms with Crippen LogP contribution in [-0.2, 0) is 16.6 Å². The first-order valence-corrected chi connectivity index (χ1v) is 9.13. The van der Waals surface area contributed by atoms with Gasteiger partial charge in [-0.3, -0.25) is 0 Å². The van der Waals surface area contributed by atoms with Crippen molar-refractivity contribution in [1.29, 1.82) is 0 Å². The van der Waals surface area contributed by atoms with Gasteiger partial charge in [-0.2, -0.15) is 4.31 Å². The molecule has 1 aliphatic rings. The molecule has 0 saturated carbocycles. The van der Waals surface area contributed by atoms with Gasteiger partial charge in [0.05, 0.1) is 11.2 Å². The number of aryl methyl sites for hydroxylation is 1. The Morgan fingerprint density at radius 2 is 2.22 bits per heavy atom. The van der Waals surface area contributed by atoms with E-state index in [0.717, 1.165) is 19.4 Å². The Balaban J connectivity index is 1.77. The Hall–Kier alpha value is -1.73. The fourth-order valence-corrected chi connectivity index (χ4v) is 4.65. The molecule has 1 aromatic carbocycles. The lowest BCUT2D eigenvalue weighted by atomic mass is 10.00. The van der Waals surface area contributed by atoms with Crippen LogP contribution >= 0.6 is 0 Å². The van der Waals surface area contributed by atoms with Gasteiger partial charge in [-0.05, 0) is 49.4 Å². The molecule has 1 atom stereocenters. The number of nitrogens with zero attached hydrogens (tertiary/aromatic N) is 3. The molecule has 1 saturated heterocycles. The van der Waals surface area contributed by atoms with E-state index in [9.17, 15) is 12.8 Å². The number of imidazole rings is 1. The molecule has 1 aromatic heterocycles. The molecule has 5 nitrogen and oxygen atoms in total. The standard InChI is InChI=1S/C16H20FN3O2S/c1-13-9-15(4-5-16(13)17)23(21,22)20-7-2-3-14(11-20)10-19-8-6-18-12-19/h4-6,8-9,12,14H,2-3,7,10-11H2,1H3. The van der Waals surface area contributed by atoms with Gasteiger partial charge in [0.15, 0.2) is 0 Å². The smallest absolute Gasteiger partial charge is 0.243 e. The van der Waals surface area contributed by atoms with Crippen molar-refractivity contribution in [3.05, 3.63) is 48.3 Å². The highest BCUT2D eigenvalue weighted by molar-refractivity contribution is 7.89. The van der Waals surface area contributed by atoms with Gasteiger partial charge in [0, 0.05) is 32.0 Å². The van der Waals surface area contributed by atoms with Crippen molar-refractivity contribution in [3.8, 4) is 0 Å². The van der Waals surface area contributed by atoms with E-state index in [4.69, 9.17) is 0 Å². The average Bonchev–Trinajstić information content (AvgIpc) is 3.03. The van der Waals surface area contributed by atoms with Crippen molar-refractivity contribution in [1.82, 2.24) is 13.9 Å². The Morgan fingerprint density at radius 3 is 2.91 bits per heavy atom. The Kier molecular flexibility index (Phi) is 4.50. The summed E-state index contributed by atoms with van der Waals surface area (Å²) in [5, 5.41) is 0. The summed E-state index contributed by atoms with van der Waals surface area (Å²) in [5.74, 6) is -0.130. The van der Waals surface area contributed by atoms with Crippen LogP contribution in [0.1, 0.15) is 18.4 Å². The van der Waals surface area contributed by atoms with Gasteiger partial charge in [0.25, 0.3) is 0 Å². The summed E-state index contributed by atoms with van der Waals surface area (Å²) in [4.78, 5) is 4.18. The summed E-state index contributed by atoms with van der Waals surface area (Å²) in [5.41, 5.74) is 0.345. The Morgan fingerprint density at radius 1 is 1.39 bits per heavy atom. The van der Waals surface area contributed by atoms with Crippen LogP contribution in [0.3, 0.4) is 0 Å². The summed E-state index contributed by atoms with van der Waals surface area (Å²) in [7, 11) is -3.57. The Bertz CT molecular complexity index is 775. The second-order valence-corrected chi connectivity index (χ2v) is 7.98. The van der Waals surface area contributed by atoms with Crippen LogP contribution in [-0.4, -0.2) is 35.4 Å². The lowest BCUT2D eigenvalue weighted by molar-refractivity contribution is 0.245. The molecule has 1 fully saturated rings. The minimum absolute atomic E-state index is 0.166. The van der Waals surface area contributed by atoms with E-state index in [1.54, 1.807) is 19.4 Å². The minimum atomic E-state index is -3.57. The van der Waals surface area contributed by atoms with Crippen LogP contribution in [0.5, 0.6) is 0 Å². The van der Waals surface area contributed by atoms with Crippen LogP contribution in [0.15, 0.2) is 41.8 Å². The molecule has 3 rings (SSSR count). The lowest BCUT2D eigenvalue weighted by Gasteiger charge is -2.32. The van der Waals surface area contributed by atoms with Crippen molar-refractivity contribution in [2.75, 3.05) is 13.1 Å². The maximum absolute atomic E-state index is 13.4. The second-order valence-electron chi connectivity index (χ2n) is 6.04. The predicted octanol–water partition coefficient (Wildman–Crippen LogP) is 2.43. The van der Waals surface area contributed by atoms with Crippen LogP contribution in [0.25, 0.3) is 0 Å². The van der Waals surface area contributed by atoms with E-state index < -0.39 is 10.0 Å². The first-order valence-electron chi connectivity index (χ1n) is 7.69. The molecule has 0 aliphatic carbocycles. The highest BCUT2D eigenvalue weighted by atomic mass is 32.2. The monoisotopic (exact) mass is 337 g/mol. The van der Waals surface area contributed by atoms with Gasteiger partial charge in [0.2, 0.25) is 10.0 Å². The number of piperidine rings is 1. The van der Waals surface area contributed by atoms with Crippen molar-refractivity contribution < 1.29 is 12.8 Å². The third kappa shape index (κ3) is 3.45. The third-order valence-electron chi connectivity index (χ3n) is 4.28. The average molecular weight is 337 g/mol. The van der Waals surface area contributed by atoms with Crippen molar-refractivity contribution in [3.63, 3.8) is 0 Å². The van der Waals surface area contributed by atoms with E-state index in [1.165, 1.54) is 22.5 Å². The van der Waals surface area contributed by atoms with E-state index in [1.807, 2.05) is 10.8 Å².